The molecule has 0 fully saturated rings. The molecule has 3 heterocycles. The van der Waals surface area contributed by atoms with Crippen LogP contribution in [0.25, 0.3) is 33.5 Å². The van der Waals surface area contributed by atoms with Crippen LogP contribution < -0.4 is 10.1 Å². The summed E-state index contributed by atoms with van der Waals surface area (Å²) in [4.78, 5) is 22.3. The number of anilines is 1. The Labute approximate surface area is 207 Å². The maximum absolute atomic E-state index is 13.1. The van der Waals surface area contributed by atoms with Crippen LogP contribution in [0.3, 0.4) is 0 Å². The molecule has 1 N–H and O–H groups in total. The Morgan fingerprint density at radius 2 is 1.80 bits per heavy atom. The standard InChI is InChI=1S/C27H22ClN5O2/c1-16-24-25(28)20(15-29-26(24)33(2)32-16)27(34)30-18-9-6-8-17(14-18)21-11-7-12-22(31-21)19-10-4-5-13-23(19)35-3/h4-15H,1-3H3,(H,30,34). The number of para-hydroxylation sites is 1. The van der Waals surface area contributed by atoms with Gasteiger partial charge in [0.2, 0.25) is 0 Å². The number of rotatable bonds is 5. The van der Waals surface area contributed by atoms with Crippen molar-refractivity contribution < 1.29 is 9.53 Å². The van der Waals surface area contributed by atoms with E-state index in [2.05, 4.69) is 15.4 Å². The summed E-state index contributed by atoms with van der Waals surface area (Å²) in [6.45, 7) is 1.84. The minimum Gasteiger partial charge on any atom is -0.496 e. The zero-order valence-corrected chi connectivity index (χ0v) is 20.2. The largest absolute Gasteiger partial charge is 0.496 e. The van der Waals surface area contributed by atoms with Crippen molar-refractivity contribution in [3.05, 3.63) is 89.2 Å². The molecule has 0 aliphatic heterocycles. The Hall–Kier alpha value is -4.23. The molecule has 8 heteroatoms. The second kappa shape index (κ2) is 9.19. The van der Waals surface area contributed by atoms with E-state index in [0.717, 1.165) is 34.0 Å². The average Bonchev–Trinajstić information content (AvgIpc) is 3.18. The fourth-order valence-corrected chi connectivity index (χ4v) is 4.44. The molecule has 174 valence electrons. The van der Waals surface area contributed by atoms with Gasteiger partial charge in [-0.1, -0.05) is 41.9 Å². The van der Waals surface area contributed by atoms with Gasteiger partial charge in [-0.2, -0.15) is 5.10 Å². The number of carbonyl (C=O) groups excluding carboxylic acids is 1. The minimum atomic E-state index is -0.347. The highest BCUT2D eigenvalue weighted by Crippen LogP contribution is 2.31. The number of aromatic nitrogens is 4. The molecular weight excluding hydrogens is 462 g/mol. The van der Waals surface area contributed by atoms with Crippen molar-refractivity contribution in [2.24, 2.45) is 7.05 Å². The summed E-state index contributed by atoms with van der Waals surface area (Å²) in [5.74, 6) is 0.407. The van der Waals surface area contributed by atoms with E-state index >= 15 is 0 Å². The van der Waals surface area contributed by atoms with Crippen molar-refractivity contribution in [3.63, 3.8) is 0 Å². The second-order valence-electron chi connectivity index (χ2n) is 8.04. The molecule has 0 bridgehead atoms. The molecule has 0 aliphatic carbocycles. The number of nitrogens with zero attached hydrogens (tertiary/aromatic N) is 4. The highest BCUT2D eigenvalue weighted by atomic mass is 35.5. The van der Waals surface area contributed by atoms with Gasteiger partial charge in [0.15, 0.2) is 5.65 Å². The van der Waals surface area contributed by atoms with Crippen molar-refractivity contribution in [2.75, 3.05) is 12.4 Å². The van der Waals surface area contributed by atoms with E-state index in [4.69, 9.17) is 21.3 Å². The number of amides is 1. The van der Waals surface area contributed by atoms with Gasteiger partial charge < -0.3 is 10.1 Å². The van der Waals surface area contributed by atoms with Gasteiger partial charge in [0.1, 0.15) is 5.75 Å². The number of pyridine rings is 2. The third-order valence-electron chi connectivity index (χ3n) is 5.76. The number of ether oxygens (including phenoxy) is 1. The smallest absolute Gasteiger partial charge is 0.258 e. The van der Waals surface area contributed by atoms with Crippen LogP contribution in [0.5, 0.6) is 5.75 Å². The van der Waals surface area contributed by atoms with Crippen LogP contribution in [0, 0.1) is 6.92 Å². The Bertz CT molecular complexity index is 1580. The number of nitrogens with one attached hydrogen (secondary N) is 1. The van der Waals surface area contributed by atoms with Crippen LogP contribution in [0.1, 0.15) is 16.1 Å². The lowest BCUT2D eigenvalue weighted by Gasteiger charge is -2.11. The highest BCUT2D eigenvalue weighted by Gasteiger charge is 2.19. The first-order valence-corrected chi connectivity index (χ1v) is 11.3. The first kappa shape index (κ1) is 22.6. The monoisotopic (exact) mass is 483 g/mol. The molecule has 3 aromatic heterocycles. The lowest BCUT2D eigenvalue weighted by molar-refractivity contribution is 0.102. The van der Waals surface area contributed by atoms with Gasteiger partial charge in [-0.05, 0) is 43.3 Å². The Balaban J connectivity index is 1.44. The maximum Gasteiger partial charge on any atom is 0.258 e. The number of aryl methyl sites for hydroxylation is 2. The van der Waals surface area contributed by atoms with Crippen LogP contribution >= 0.6 is 11.6 Å². The van der Waals surface area contributed by atoms with Crippen molar-refractivity contribution in [1.82, 2.24) is 19.7 Å². The number of carbonyl (C=O) groups is 1. The summed E-state index contributed by atoms with van der Waals surface area (Å²) in [5, 5.41) is 8.28. The Morgan fingerprint density at radius 1 is 1.03 bits per heavy atom. The molecule has 7 nitrogen and oxygen atoms in total. The maximum atomic E-state index is 13.1. The van der Waals surface area contributed by atoms with Gasteiger partial charge in [0.05, 0.1) is 40.2 Å². The molecule has 0 spiro atoms. The predicted octanol–water partition coefficient (Wildman–Crippen LogP) is 5.92. The number of hydrogen-bond acceptors (Lipinski definition) is 5. The molecule has 0 saturated heterocycles. The normalized spacial score (nSPS) is 11.0. The lowest BCUT2D eigenvalue weighted by Crippen LogP contribution is -2.13. The van der Waals surface area contributed by atoms with Crippen LogP contribution in [-0.4, -0.2) is 32.8 Å². The van der Waals surface area contributed by atoms with Crippen LogP contribution in [-0.2, 0) is 7.05 Å². The fraction of sp³-hybridized carbons (Fsp3) is 0.111. The molecule has 0 saturated carbocycles. The summed E-state index contributed by atoms with van der Waals surface area (Å²) < 4.78 is 7.13. The number of fused-ring (bicyclic) bond motifs is 1. The number of halogens is 1. The lowest BCUT2D eigenvalue weighted by atomic mass is 10.1. The third kappa shape index (κ3) is 4.22. The molecule has 0 atom stereocenters. The van der Waals surface area contributed by atoms with E-state index in [1.54, 1.807) is 18.8 Å². The van der Waals surface area contributed by atoms with Gasteiger partial charge in [0.25, 0.3) is 5.91 Å². The molecule has 5 aromatic rings. The third-order valence-corrected chi connectivity index (χ3v) is 6.15. The first-order valence-electron chi connectivity index (χ1n) is 11.0. The van der Waals surface area contributed by atoms with Gasteiger partial charge >= 0.3 is 0 Å². The molecule has 1 amide bonds. The molecule has 0 radical (unpaired) electrons. The van der Waals surface area contributed by atoms with Gasteiger partial charge in [-0.3, -0.25) is 9.48 Å². The topological polar surface area (TPSA) is 81.9 Å². The highest BCUT2D eigenvalue weighted by molar-refractivity contribution is 6.39. The minimum absolute atomic E-state index is 0.289. The van der Waals surface area contributed by atoms with Crippen molar-refractivity contribution in [2.45, 2.75) is 6.92 Å². The average molecular weight is 484 g/mol. The van der Waals surface area contributed by atoms with Crippen molar-refractivity contribution in [3.8, 4) is 28.3 Å². The van der Waals surface area contributed by atoms with Crippen LogP contribution in [0.4, 0.5) is 5.69 Å². The zero-order chi connectivity index (χ0) is 24.5. The van der Waals surface area contributed by atoms with Crippen molar-refractivity contribution >= 4 is 34.2 Å². The summed E-state index contributed by atoms with van der Waals surface area (Å²) in [6, 6.07) is 21.1. The summed E-state index contributed by atoms with van der Waals surface area (Å²) >= 11 is 6.57. The molecule has 0 unspecified atom stereocenters. The fourth-order valence-electron chi connectivity index (χ4n) is 4.08. The molecule has 0 aliphatic rings. The van der Waals surface area contributed by atoms with Crippen molar-refractivity contribution in [1.29, 1.82) is 0 Å². The SMILES string of the molecule is COc1ccccc1-c1cccc(-c2cccc(NC(=O)c3cnc4c(c(C)nn4C)c3Cl)c2)n1. The Kier molecular flexibility index (Phi) is 5.93. The van der Waals surface area contributed by atoms with Gasteiger partial charge in [-0.15, -0.1) is 0 Å². The number of methoxy groups -OCH3 is 1. The van der Waals surface area contributed by atoms with E-state index in [1.165, 1.54) is 6.20 Å². The molecule has 35 heavy (non-hydrogen) atoms. The summed E-state index contributed by atoms with van der Waals surface area (Å²) in [7, 11) is 3.44. The van der Waals surface area contributed by atoms with Crippen LogP contribution in [0.2, 0.25) is 5.02 Å². The van der Waals surface area contributed by atoms with E-state index < -0.39 is 0 Å². The quantitative estimate of drug-likeness (QED) is 0.335. The number of benzene rings is 2. The molecule has 5 rings (SSSR count). The molecule has 2 aromatic carbocycles. The van der Waals surface area contributed by atoms with E-state index in [-0.39, 0.29) is 11.5 Å². The van der Waals surface area contributed by atoms with E-state index in [1.807, 2.05) is 73.7 Å². The Morgan fingerprint density at radius 3 is 2.63 bits per heavy atom. The summed E-state index contributed by atoms with van der Waals surface area (Å²) in [6.07, 6.45) is 1.48. The van der Waals surface area contributed by atoms with E-state index in [9.17, 15) is 4.79 Å². The summed E-state index contributed by atoms with van der Waals surface area (Å²) in [5.41, 5.74) is 5.61. The van der Waals surface area contributed by atoms with Crippen LogP contribution in [0.15, 0.2) is 72.9 Å². The first-order chi connectivity index (χ1) is 17.0. The van der Waals surface area contributed by atoms with Gasteiger partial charge in [-0.25, -0.2) is 9.97 Å². The van der Waals surface area contributed by atoms with Gasteiger partial charge in [0, 0.05) is 30.1 Å². The molecular formula is C27H22ClN5O2. The number of hydrogen-bond donors (Lipinski definition) is 1. The predicted molar refractivity (Wildman–Crippen MR) is 138 cm³/mol. The second-order valence-corrected chi connectivity index (χ2v) is 8.41. The zero-order valence-electron chi connectivity index (χ0n) is 19.4. The van der Waals surface area contributed by atoms with E-state index in [0.29, 0.717) is 21.7 Å².